The van der Waals surface area contributed by atoms with Crippen molar-refractivity contribution in [2.45, 2.75) is 19.4 Å². The molecule has 1 aromatic carbocycles. The van der Waals surface area contributed by atoms with Gasteiger partial charge in [-0.3, -0.25) is 9.88 Å². The molecule has 0 amide bonds. The van der Waals surface area contributed by atoms with E-state index in [0.717, 1.165) is 19.6 Å². The average Bonchev–Trinajstić information content (AvgIpc) is 3.02. The van der Waals surface area contributed by atoms with Crippen LogP contribution in [0.4, 0.5) is 0 Å². The zero-order valence-electron chi connectivity index (χ0n) is 12.9. The van der Waals surface area contributed by atoms with E-state index in [0.29, 0.717) is 23.3 Å². The maximum Gasteiger partial charge on any atom is 0.232 e. The fourth-order valence-corrected chi connectivity index (χ4v) is 2.80. The fourth-order valence-electron chi connectivity index (χ4n) is 2.80. The molecule has 0 bridgehead atoms. The first-order chi connectivity index (χ1) is 11.3. The Morgan fingerprint density at radius 2 is 2.09 bits per heavy atom. The fraction of sp³-hybridized carbons (Fsp3) is 0.294. The molecule has 0 spiro atoms. The zero-order chi connectivity index (χ0) is 15.6. The van der Waals surface area contributed by atoms with E-state index in [1.807, 2.05) is 0 Å². The summed E-state index contributed by atoms with van der Waals surface area (Å²) in [5.74, 6) is 1.49. The third kappa shape index (κ3) is 2.85. The molecule has 2 aromatic heterocycles. The Hall–Kier alpha value is -2.60. The molecule has 1 aliphatic heterocycles. The van der Waals surface area contributed by atoms with Crippen LogP contribution in [0.5, 0.6) is 0 Å². The van der Waals surface area contributed by atoms with Crippen LogP contribution in [0.25, 0.3) is 11.5 Å². The van der Waals surface area contributed by atoms with Crippen molar-refractivity contribution in [3.8, 4) is 11.5 Å². The van der Waals surface area contributed by atoms with Gasteiger partial charge in [0.05, 0.1) is 12.1 Å². The van der Waals surface area contributed by atoms with Gasteiger partial charge in [0.1, 0.15) is 5.69 Å². The van der Waals surface area contributed by atoms with E-state index >= 15 is 0 Å². The second kappa shape index (κ2) is 5.89. The molecule has 6 nitrogen and oxygen atoms in total. The maximum absolute atomic E-state index is 5.39. The lowest BCUT2D eigenvalue weighted by Gasteiger charge is -2.37. The van der Waals surface area contributed by atoms with Gasteiger partial charge in [0.25, 0.3) is 0 Å². The molecule has 116 valence electrons. The molecule has 0 radical (unpaired) electrons. The van der Waals surface area contributed by atoms with Crippen molar-refractivity contribution >= 4 is 0 Å². The summed E-state index contributed by atoms with van der Waals surface area (Å²) in [5.41, 5.74) is 3.34. The normalized spacial score (nSPS) is 15.5. The SMILES string of the molecule is Cc1ccccc1CN1CC(c2nc(-c3cnccn3)no2)C1. The molecule has 23 heavy (non-hydrogen) atoms. The molecule has 1 aliphatic rings. The minimum atomic E-state index is 0.303. The number of benzene rings is 1. The van der Waals surface area contributed by atoms with Crippen LogP contribution in [0.3, 0.4) is 0 Å². The Morgan fingerprint density at radius 1 is 1.22 bits per heavy atom. The predicted octanol–water partition coefficient (Wildman–Crippen LogP) is 2.43. The number of likely N-dealkylation sites (tertiary alicyclic amines) is 1. The highest BCUT2D eigenvalue weighted by molar-refractivity contribution is 5.45. The molecule has 0 aliphatic carbocycles. The first-order valence-electron chi connectivity index (χ1n) is 7.66. The van der Waals surface area contributed by atoms with Gasteiger partial charge < -0.3 is 4.52 Å². The minimum absolute atomic E-state index is 0.303. The number of aromatic nitrogens is 4. The standard InChI is InChI=1S/C17H17N5O/c1-12-4-2-3-5-13(12)9-22-10-14(11-22)17-20-16(21-23-17)15-8-18-6-7-19-15/h2-8,14H,9-11H2,1H3. The van der Waals surface area contributed by atoms with Crippen molar-refractivity contribution in [1.29, 1.82) is 0 Å². The van der Waals surface area contributed by atoms with Crippen molar-refractivity contribution in [3.63, 3.8) is 0 Å². The van der Waals surface area contributed by atoms with E-state index in [1.165, 1.54) is 11.1 Å². The minimum Gasteiger partial charge on any atom is -0.339 e. The third-order valence-electron chi connectivity index (χ3n) is 4.20. The summed E-state index contributed by atoms with van der Waals surface area (Å²) in [6, 6.07) is 8.49. The maximum atomic E-state index is 5.39. The Balaban J connectivity index is 1.39. The highest BCUT2D eigenvalue weighted by atomic mass is 16.5. The first kappa shape index (κ1) is 14.0. The summed E-state index contributed by atoms with van der Waals surface area (Å²) in [7, 11) is 0. The van der Waals surface area contributed by atoms with Gasteiger partial charge in [-0.05, 0) is 18.1 Å². The van der Waals surface area contributed by atoms with Crippen LogP contribution in [0.15, 0.2) is 47.4 Å². The average molecular weight is 307 g/mol. The van der Waals surface area contributed by atoms with E-state index in [9.17, 15) is 0 Å². The van der Waals surface area contributed by atoms with E-state index in [4.69, 9.17) is 4.52 Å². The monoisotopic (exact) mass is 307 g/mol. The second-order valence-electron chi connectivity index (χ2n) is 5.86. The van der Waals surface area contributed by atoms with Crippen molar-refractivity contribution in [1.82, 2.24) is 25.0 Å². The number of hydrogen-bond donors (Lipinski definition) is 0. The Bertz CT molecular complexity index is 796. The topological polar surface area (TPSA) is 67.9 Å². The number of rotatable bonds is 4. The molecule has 3 aromatic rings. The molecule has 4 rings (SSSR count). The number of aryl methyl sites for hydroxylation is 1. The summed E-state index contributed by atoms with van der Waals surface area (Å²) in [6.07, 6.45) is 4.89. The molecule has 1 fully saturated rings. The Kier molecular flexibility index (Phi) is 3.59. The number of hydrogen-bond acceptors (Lipinski definition) is 6. The third-order valence-corrected chi connectivity index (χ3v) is 4.20. The molecular formula is C17H17N5O. The molecule has 0 atom stereocenters. The summed E-state index contributed by atoms with van der Waals surface area (Å²) < 4.78 is 5.39. The van der Waals surface area contributed by atoms with Gasteiger partial charge in [-0.1, -0.05) is 29.4 Å². The van der Waals surface area contributed by atoms with Crippen molar-refractivity contribution in [2.75, 3.05) is 13.1 Å². The summed E-state index contributed by atoms with van der Waals surface area (Å²) in [4.78, 5) is 15.1. The Morgan fingerprint density at radius 3 is 2.87 bits per heavy atom. The van der Waals surface area contributed by atoms with Crippen LogP contribution in [0.2, 0.25) is 0 Å². The zero-order valence-corrected chi connectivity index (χ0v) is 12.9. The molecular weight excluding hydrogens is 290 g/mol. The van der Waals surface area contributed by atoms with E-state index in [1.54, 1.807) is 18.6 Å². The number of nitrogens with zero attached hydrogens (tertiary/aromatic N) is 5. The smallest absolute Gasteiger partial charge is 0.232 e. The van der Waals surface area contributed by atoms with Gasteiger partial charge in [-0.15, -0.1) is 0 Å². The highest BCUT2D eigenvalue weighted by Gasteiger charge is 2.32. The van der Waals surface area contributed by atoms with Gasteiger partial charge in [0, 0.05) is 32.0 Å². The molecule has 0 unspecified atom stereocenters. The van der Waals surface area contributed by atoms with E-state index in [-0.39, 0.29) is 0 Å². The highest BCUT2D eigenvalue weighted by Crippen LogP contribution is 2.28. The van der Waals surface area contributed by atoms with Gasteiger partial charge in [0.2, 0.25) is 11.7 Å². The summed E-state index contributed by atoms with van der Waals surface area (Å²) >= 11 is 0. The van der Waals surface area contributed by atoms with Crippen LogP contribution < -0.4 is 0 Å². The van der Waals surface area contributed by atoms with Gasteiger partial charge in [0.15, 0.2) is 0 Å². The molecule has 3 heterocycles. The molecule has 1 saturated heterocycles. The lowest BCUT2D eigenvalue weighted by atomic mass is 9.98. The van der Waals surface area contributed by atoms with E-state index < -0.39 is 0 Å². The summed E-state index contributed by atoms with van der Waals surface area (Å²) in [5, 5.41) is 4.01. The van der Waals surface area contributed by atoms with Crippen molar-refractivity contribution in [2.24, 2.45) is 0 Å². The lowest BCUT2D eigenvalue weighted by molar-refractivity contribution is 0.117. The van der Waals surface area contributed by atoms with Gasteiger partial charge in [-0.25, -0.2) is 4.98 Å². The second-order valence-corrected chi connectivity index (χ2v) is 5.86. The summed E-state index contributed by atoms with van der Waals surface area (Å²) in [6.45, 7) is 5.00. The molecule has 6 heteroatoms. The lowest BCUT2D eigenvalue weighted by Crippen LogP contribution is -2.44. The van der Waals surface area contributed by atoms with Gasteiger partial charge >= 0.3 is 0 Å². The van der Waals surface area contributed by atoms with Gasteiger partial charge in [-0.2, -0.15) is 4.98 Å². The van der Waals surface area contributed by atoms with Crippen LogP contribution in [0, 0.1) is 6.92 Å². The van der Waals surface area contributed by atoms with Crippen molar-refractivity contribution in [3.05, 3.63) is 59.9 Å². The predicted molar refractivity (Wildman–Crippen MR) is 84.5 cm³/mol. The largest absolute Gasteiger partial charge is 0.339 e. The van der Waals surface area contributed by atoms with Crippen LogP contribution in [-0.4, -0.2) is 38.1 Å². The molecule has 0 saturated carbocycles. The first-order valence-corrected chi connectivity index (χ1v) is 7.66. The van der Waals surface area contributed by atoms with E-state index in [2.05, 4.69) is 56.2 Å². The quantitative estimate of drug-likeness (QED) is 0.737. The van der Waals surface area contributed by atoms with Crippen LogP contribution >= 0.6 is 0 Å². The van der Waals surface area contributed by atoms with Crippen LogP contribution in [-0.2, 0) is 6.54 Å². The van der Waals surface area contributed by atoms with Crippen molar-refractivity contribution < 1.29 is 4.52 Å². The molecule has 0 N–H and O–H groups in total. The Labute approximate surface area is 134 Å². The van der Waals surface area contributed by atoms with Crippen LogP contribution in [0.1, 0.15) is 22.9 Å².